The van der Waals surface area contributed by atoms with Crippen molar-refractivity contribution >= 4 is 55.5 Å². The fourth-order valence-electron chi connectivity index (χ4n) is 3.56. The lowest BCUT2D eigenvalue weighted by atomic mass is 10.0. The highest BCUT2D eigenvalue weighted by Crippen LogP contribution is 2.24. The minimum atomic E-state index is -0.839. The van der Waals surface area contributed by atoms with Crippen LogP contribution in [0.3, 0.4) is 0 Å². The summed E-state index contributed by atoms with van der Waals surface area (Å²) in [5.41, 5.74) is 2.78. The van der Waals surface area contributed by atoms with Gasteiger partial charge < -0.3 is 20.4 Å². The summed E-state index contributed by atoms with van der Waals surface area (Å²) in [7, 11) is 0. The zero-order chi connectivity index (χ0) is 28.9. The zero-order valence-corrected chi connectivity index (χ0v) is 23.5. The van der Waals surface area contributed by atoms with Gasteiger partial charge in [-0.05, 0) is 82.4 Å². The molecule has 0 spiro atoms. The standard InChI is InChI=1S/C16H16O3.C12H11BrO.C4H6O2/c1-11(17)14-8-7-13-6-5-12(9-15(13)10-14)3-2-4-16(18)19;1-8(14)10-3-2-9-4-5-12(13)7-11(9)6-10;1-2-3-4(5)6/h2-3,5-11,17H,4H2,1H3,(H,18,19);2-8,14H,1H3;2H,1,3H2,(H,5,6)/b3-2+;;/t11-;8-;/m11./s1. The Hall–Kier alpha value is -3.78. The van der Waals surface area contributed by atoms with Crippen molar-refractivity contribution in [3.05, 3.63) is 113 Å². The highest BCUT2D eigenvalue weighted by Gasteiger charge is 2.03. The maximum absolute atomic E-state index is 10.4. The van der Waals surface area contributed by atoms with E-state index in [1.807, 2.05) is 60.7 Å². The molecule has 0 saturated heterocycles. The molecule has 4 aromatic carbocycles. The maximum Gasteiger partial charge on any atom is 0.307 e. The lowest BCUT2D eigenvalue weighted by Gasteiger charge is -2.06. The minimum Gasteiger partial charge on any atom is -0.481 e. The fraction of sp³-hybridized carbons (Fsp3) is 0.188. The summed E-state index contributed by atoms with van der Waals surface area (Å²) in [6.07, 6.45) is 3.95. The van der Waals surface area contributed by atoms with Crippen LogP contribution in [-0.4, -0.2) is 32.4 Å². The molecular weight excluding hydrogens is 560 g/mol. The maximum atomic E-state index is 10.4. The van der Waals surface area contributed by atoms with E-state index in [-0.39, 0.29) is 12.8 Å². The Kier molecular flexibility index (Phi) is 12.6. The number of halogens is 1. The lowest BCUT2D eigenvalue weighted by Crippen LogP contribution is -1.90. The second kappa shape index (κ2) is 15.6. The predicted octanol–water partition coefficient (Wildman–Crippen LogP) is 7.68. The van der Waals surface area contributed by atoms with Crippen LogP contribution in [-0.2, 0) is 9.59 Å². The Morgan fingerprint density at radius 3 is 1.69 bits per heavy atom. The second-order valence-electron chi connectivity index (χ2n) is 8.86. The quantitative estimate of drug-likeness (QED) is 0.163. The van der Waals surface area contributed by atoms with Crippen LogP contribution in [0.5, 0.6) is 0 Å². The van der Waals surface area contributed by atoms with Crippen LogP contribution in [0.25, 0.3) is 27.6 Å². The molecule has 0 fully saturated rings. The van der Waals surface area contributed by atoms with Gasteiger partial charge in [0, 0.05) is 4.47 Å². The van der Waals surface area contributed by atoms with Crippen LogP contribution in [0.15, 0.2) is 96.0 Å². The molecule has 0 aliphatic carbocycles. The monoisotopic (exact) mass is 592 g/mol. The molecule has 0 aliphatic rings. The summed E-state index contributed by atoms with van der Waals surface area (Å²) >= 11 is 3.43. The van der Waals surface area contributed by atoms with Crippen molar-refractivity contribution in [3.63, 3.8) is 0 Å². The number of benzene rings is 4. The first-order chi connectivity index (χ1) is 18.5. The summed E-state index contributed by atoms with van der Waals surface area (Å²) in [6, 6.07) is 23.9. The molecule has 39 heavy (non-hydrogen) atoms. The molecule has 6 nitrogen and oxygen atoms in total. The molecule has 7 heteroatoms. The Balaban J connectivity index is 0.000000234. The first-order valence-electron chi connectivity index (χ1n) is 12.3. The van der Waals surface area contributed by atoms with Crippen LogP contribution in [0, 0.1) is 0 Å². The molecule has 0 aliphatic heterocycles. The first kappa shape index (κ1) is 31.4. The average molecular weight is 594 g/mol. The Morgan fingerprint density at radius 2 is 1.23 bits per heavy atom. The molecule has 4 aromatic rings. The van der Waals surface area contributed by atoms with E-state index < -0.39 is 24.1 Å². The summed E-state index contributed by atoms with van der Waals surface area (Å²) < 4.78 is 1.06. The summed E-state index contributed by atoms with van der Waals surface area (Å²) in [5, 5.41) is 39.9. The number of aliphatic hydroxyl groups is 2. The van der Waals surface area contributed by atoms with Crippen molar-refractivity contribution in [1.82, 2.24) is 0 Å². The molecule has 4 N–H and O–H groups in total. The van der Waals surface area contributed by atoms with Gasteiger partial charge in [0.05, 0.1) is 25.0 Å². The Labute approximate surface area is 236 Å². The topological polar surface area (TPSA) is 115 Å². The molecule has 0 heterocycles. The molecule has 0 saturated carbocycles. The van der Waals surface area contributed by atoms with Gasteiger partial charge in [0.1, 0.15) is 0 Å². The summed E-state index contributed by atoms with van der Waals surface area (Å²) in [4.78, 5) is 20.0. The van der Waals surface area contributed by atoms with Crippen LogP contribution in [0.2, 0.25) is 0 Å². The second-order valence-corrected chi connectivity index (χ2v) is 9.77. The van der Waals surface area contributed by atoms with Crippen molar-refractivity contribution in [2.45, 2.75) is 38.9 Å². The normalized spacial score (nSPS) is 12.1. The van der Waals surface area contributed by atoms with E-state index in [0.29, 0.717) is 0 Å². The highest BCUT2D eigenvalue weighted by atomic mass is 79.9. The molecule has 0 amide bonds. The van der Waals surface area contributed by atoms with Gasteiger partial charge in [-0.3, -0.25) is 9.59 Å². The Morgan fingerprint density at radius 1 is 0.744 bits per heavy atom. The lowest BCUT2D eigenvalue weighted by molar-refractivity contribution is -0.137. The number of aliphatic hydroxyl groups excluding tert-OH is 2. The SMILES string of the molecule is C=CCC(=O)O.C[C@@H](O)c1ccc2ccc(/C=C/CC(=O)O)cc2c1.C[C@@H](O)c1ccc2ccc(Br)cc2c1. The molecule has 4 rings (SSSR count). The number of carbonyl (C=O) groups is 2. The van der Waals surface area contributed by atoms with E-state index in [2.05, 4.69) is 34.6 Å². The van der Waals surface area contributed by atoms with Gasteiger partial charge >= 0.3 is 11.9 Å². The molecule has 0 radical (unpaired) electrons. The number of fused-ring (bicyclic) bond motifs is 2. The number of aliphatic carboxylic acids is 2. The third-order valence-corrected chi connectivity index (χ3v) is 6.09. The van der Waals surface area contributed by atoms with Crippen LogP contribution >= 0.6 is 15.9 Å². The molecule has 2 atom stereocenters. The van der Waals surface area contributed by atoms with E-state index in [1.54, 1.807) is 26.0 Å². The van der Waals surface area contributed by atoms with Gasteiger partial charge in [-0.15, -0.1) is 6.58 Å². The van der Waals surface area contributed by atoms with Crippen LogP contribution in [0.1, 0.15) is 55.6 Å². The van der Waals surface area contributed by atoms with E-state index >= 15 is 0 Å². The minimum absolute atomic E-state index is 0.0196. The molecule has 0 aromatic heterocycles. The van der Waals surface area contributed by atoms with Gasteiger partial charge in [-0.25, -0.2) is 0 Å². The first-order valence-corrected chi connectivity index (χ1v) is 13.1. The Bertz CT molecular complexity index is 1460. The van der Waals surface area contributed by atoms with Crippen LogP contribution < -0.4 is 0 Å². The highest BCUT2D eigenvalue weighted by molar-refractivity contribution is 9.10. The van der Waals surface area contributed by atoms with Gasteiger partial charge in [0.15, 0.2) is 0 Å². The van der Waals surface area contributed by atoms with Crippen molar-refractivity contribution in [1.29, 1.82) is 0 Å². The van der Waals surface area contributed by atoms with Crippen molar-refractivity contribution in [2.24, 2.45) is 0 Å². The van der Waals surface area contributed by atoms with E-state index in [9.17, 15) is 19.8 Å². The van der Waals surface area contributed by atoms with Crippen molar-refractivity contribution < 1.29 is 30.0 Å². The number of hydrogen-bond donors (Lipinski definition) is 4. The fourth-order valence-corrected chi connectivity index (χ4v) is 3.94. The van der Waals surface area contributed by atoms with Crippen molar-refractivity contribution in [2.75, 3.05) is 0 Å². The smallest absolute Gasteiger partial charge is 0.307 e. The number of carboxylic acid groups (broad SMARTS) is 2. The van der Waals surface area contributed by atoms with Gasteiger partial charge in [0.25, 0.3) is 0 Å². The average Bonchev–Trinajstić information content (AvgIpc) is 2.88. The summed E-state index contributed by atoms with van der Waals surface area (Å²) in [6.45, 7) is 6.73. The number of carboxylic acids is 2. The van der Waals surface area contributed by atoms with Crippen LogP contribution in [0.4, 0.5) is 0 Å². The van der Waals surface area contributed by atoms with E-state index in [4.69, 9.17) is 10.2 Å². The van der Waals surface area contributed by atoms with E-state index in [1.165, 1.54) is 11.5 Å². The van der Waals surface area contributed by atoms with E-state index in [0.717, 1.165) is 37.3 Å². The number of hydrogen-bond acceptors (Lipinski definition) is 4. The molecule has 0 unspecified atom stereocenters. The van der Waals surface area contributed by atoms with Gasteiger partial charge in [0.2, 0.25) is 0 Å². The molecular formula is C32H33BrO6. The van der Waals surface area contributed by atoms with Gasteiger partial charge in [-0.1, -0.05) is 76.6 Å². The third-order valence-electron chi connectivity index (χ3n) is 5.60. The zero-order valence-electron chi connectivity index (χ0n) is 21.9. The molecule has 204 valence electrons. The number of rotatable bonds is 7. The summed E-state index contributed by atoms with van der Waals surface area (Å²) in [5.74, 6) is -1.67. The van der Waals surface area contributed by atoms with Gasteiger partial charge in [-0.2, -0.15) is 0 Å². The third kappa shape index (κ3) is 10.9. The molecule has 0 bridgehead atoms. The van der Waals surface area contributed by atoms with Crippen molar-refractivity contribution in [3.8, 4) is 0 Å². The predicted molar refractivity (Wildman–Crippen MR) is 161 cm³/mol. The largest absolute Gasteiger partial charge is 0.481 e.